The maximum Gasteiger partial charge on any atom is 0.164 e. The molecule has 1 N–H and O–H groups in total. The van der Waals surface area contributed by atoms with Gasteiger partial charge in [-0.25, -0.2) is 4.98 Å². The van der Waals surface area contributed by atoms with Crippen LogP contribution < -0.4 is 5.32 Å². The van der Waals surface area contributed by atoms with E-state index < -0.39 is 0 Å². The molecule has 3 rings (SSSR count). The smallest absolute Gasteiger partial charge is 0.164 e. The summed E-state index contributed by atoms with van der Waals surface area (Å²) < 4.78 is 3.72. The summed E-state index contributed by atoms with van der Waals surface area (Å²) in [6, 6.07) is 0.381. The molecule has 0 radical (unpaired) electrons. The van der Waals surface area contributed by atoms with E-state index in [1.54, 1.807) is 11.0 Å². The monoisotopic (exact) mass is 246 g/mol. The molecule has 1 atom stereocenters. The van der Waals surface area contributed by atoms with E-state index in [-0.39, 0.29) is 0 Å². The second kappa shape index (κ2) is 4.53. The molecule has 0 aromatic carbocycles. The molecular formula is C12H18N6. The van der Waals surface area contributed by atoms with Crippen LogP contribution in [0.4, 0.5) is 0 Å². The van der Waals surface area contributed by atoms with Gasteiger partial charge in [-0.2, -0.15) is 10.2 Å². The van der Waals surface area contributed by atoms with Crippen LogP contribution in [0, 0.1) is 0 Å². The zero-order valence-corrected chi connectivity index (χ0v) is 10.8. The van der Waals surface area contributed by atoms with Crippen molar-refractivity contribution in [2.75, 3.05) is 0 Å². The SMILES string of the molecule is Cn1cnc(CNC2CCCc3c2cnn3C)n1. The van der Waals surface area contributed by atoms with Gasteiger partial charge in [0.25, 0.3) is 0 Å². The van der Waals surface area contributed by atoms with Gasteiger partial charge in [-0.15, -0.1) is 0 Å². The van der Waals surface area contributed by atoms with Crippen molar-refractivity contribution in [2.24, 2.45) is 14.1 Å². The Morgan fingerprint density at radius 1 is 1.44 bits per heavy atom. The molecule has 18 heavy (non-hydrogen) atoms. The molecule has 0 spiro atoms. The average Bonchev–Trinajstić information content (AvgIpc) is 2.94. The summed E-state index contributed by atoms with van der Waals surface area (Å²) in [5.41, 5.74) is 2.69. The number of hydrogen-bond acceptors (Lipinski definition) is 4. The van der Waals surface area contributed by atoms with E-state index in [0.29, 0.717) is 12.6 Å². The topological polar surface area (TPSA) is 60.6 Å². The summed E-state index contributed by atoms with van der Waals surface area (Å²) in [5, 5.41) is 12.2. The molecule has 96 valence electrons. The second-order valence-electron chi connectivity index (χ2n) is 4.83. The van der Waals surface area contributed by atoms with Crippen LogP contribution in [0.2, 0.25) is 0 Å². The quantitative estimate of drug-likeness (QED) is 0.866. The average molecular weight is 246 g/mol. The Kier molecular flexibility index (Phi) is 2.87. The minimum atomic E-state index is 0.381. The first-order chi connectivity index (χ1) is 8.74. The van der Waals surface area contributed by atoms with Crippen LogP contribution in [-0.4, -0.2) is 24.5 Å². The largest absolute Gasteiger partial charge is 0.303 e. The summed E-state index contributed by atoms with van der Waals surface area (Å²) in [6.45, 7) is 0.708. The third-order valence-corrected chi connectivity index (χ3v) is 3.53. The van der Waals surface area contributed by atoms with Gasteiger partial charge in [-0.05, 0) is 19.3 Å². The minimum Gasteiger partial charge on any atom is -0.303 e. The summed E-state index contributed by atoms with van der Waals surface area (Å²) in [4.78, 5) is 4.23. The number of aromatic nitrogens is 5. The molecule has 0 saturated carbocycles. The van der Waals surface area contributed by atoms with Crippen molar-refractivity contribution in [3.8, 4) is 0 Å². The highest BCUT2D eigenvalue weighted by Gasteiger charge is 2.23. The molecule has 2 aromatic heterocycles. The molecular weight excluding hydrogens is 228 g/mol. The Labute approximate surface area is 106 Å². The van der Waals surface area contributed by atoms with Crippen molar-refractivity contribution in [3.63, 3.8) is 0 Å². The number of nitrogens with zero attached hydrogens (tertiary/aromatic N) is 5. The molecule has 2 heterocycles. The molecule has 2 aromatic rings. The van der Waals surface area contributed by atoms with Crippen molar-refractivity contribution in [2.45, 2.75) is 31.8 Å². The van der Waals surface area contributed by atoms with E-state index in [0.717, 1.165) is 18.7 Å². The van der Waals surface area contributed by atoms with E-state index in [1.807, 2.05) is 25.0 Å². The molecule has 1 aliphatic rings. The van der Waals surface area contributed by atoms with Gasteiger partial charge < -0.3 is 5.32 Å². The van der Waals surface area contributed by atoms with Crippen molar-refractivity contribution in [1.29, 1.82) is 0 Å². The lowest BCUT2D eigenvalue weighted by atomic mass is 9.93. The standard InChI is InChI=1S/C12H18N6/c1-17-8-14-12(16-17)7-13-10-4-3-5-11-9(10)6-15-18(11)2/h6,8,10,13H,3-5,7H2,1-2H3. The first-order valence-corrected chi connectivity index (χ1v) is 6.32. The maximum absolute atomic E-state index is 4.35. The Balaban J connectivity index is 1.71. The van der Waals surface area contributed by atoms with Crippen LogP contribution in [0.5, 0.6) is 0 Å². The Morgan fingerprint density at radius 2 is 2.33 bits per heavy atom. The zero-order chi connectivity index (χ0) is 12.5. The highest BCUT2D eigenvalue weighted by molar-refractivity contribution is 5.24. The van der Waals surface area contributed by atoms with Crippen LogP contribution >= 0.6 is 0 Å². The molecule has 0 amide bonds. The van der Waals surface area contributed by atoms with Crippen molar-refractivity contribution >= 4 is 0 Å². The van der Waals surface area contributed by atoms with Gasteiger partial charge in [0.05, 0.1) is 12.7 Å². The van der Waals surface area contributed by atoms with Gasteiger partial charge in [-0.1, -0.05) is 0 Å². The molecule has 1 unspecified atom stereocenters. The lowest BCUT2D eigenvalue weighted by Crippen LogP contribution is -2.25. The van der Waals surface area contributed by atoms with E-state index in [2.05, 4.69) is 20.5 Å². The number of fused-ring (bicyclic) bond motifs is 1. The fourth-order valence-corrected chi connectivity index (χ4v) is 2.60. The predicted octanol–water partition coefficient (Wildman–Crippen LogP) is 0.716. The molecule has 0 aliphatic heterocycles. The Morgan fingerprint density at radius 3 is 3.11 bits per heavy atom. The van der Waals surface area contributed by atoms with Gasteiger partial charge in [0.2, 0.25) is 0 Å². The van der Waals surface area contributed by atoms with Gasteiger partial charge in [-0.3, -0.25) is 9.36 Å². The third-order valence-electron chi connectivity index (χ3n) is 3.53. The number of aryl methyl sites for hydroxylation is 2. The summed E-state index contributed by atoms with van der Waals surface area (Å²) in [7, 11) is 3.90. The fraction of sp³-hybridized carbons (Fsp3) is 0.583. The zero-order valence-electron chi connectivity index (χ0n) is 10.8. The van der Waals surface area contributed by atoms with Crippen molar-refractivity contribution < 1.29 is 0 Å². The van der Waals surface area contributed by atoms with Crippen LogP contribution in [0.1, 0.15) is 36.0 Å². The van der Waals surface area contributed by atoms with E-state index in [9.17, 15) is 0 Å². The second-order valence-corrected chi connectivity index (χ2v) is 4.83. The van der Waals surface area contributed by atoms with Crippen LogP contribution in [0.3, 0.4) is 0 Å². The summed E-state index contributed by atoms with van der Waals surface area (Å²) >= 11 is 0. The highest BCUT2D eigenvalue weighted by atomic mass is 15.3. The lowest BCUT2D eigenvalue weighted by Gasteiger charge is -2.23. The minimum absolute atomic E-state index is 0.381. The van der Waals surface area contributed by atoms with Crippen molar-refractivity contribution in [1.82, 2.24) is 29.9 Å². The van der Waals surface area contributed by atoms with Gasteiger partial charge >= 0.3 is 0 Å². The van der Waals surface area contributed by atoms with Gasteiger partial charge in [0, 0.05) is 31.4 Å². The first-order valence-electron chi connectivity index (χ1n) is 6.32. The van der Waals surface area contributed by atoms with E-state index in [1.165, 1.54) is 17.7 Å². The van der Waals surface area contributed by atoms with Crippen LogP contribution in [0.15, 0.2) is 12.5 Å². The van der Waals surface area contributed by atoms with E-state index in [4.69, 9.17) is 0 Å². The maximum atomic E-state index is 4.35. The number of nitrogens with one attached hydrogen (secondary N) is 1. The molecule has 0 bridgehead atoms. The Hall–Kier alpha value is -1.69. The molecule has 1 aliphatic carbocycles. The van der Waals surface area contributed by atoms with Crippen LogP contribution in [-0.2, 0) is 27.1 Å². The molecule has 6 nitrogen and oxygen atoms in total. The molecule has 6 heteroatoms. The first kappa shape index (κ1) is 11.4. The lowest BCUT2D eigenvalue weighted by molar-refractivity contribution is 0.445. The molecule has 0 saturated heterocycles. The third kappa shape index (κ3) is 2.03. The number of hydrogen-bond donors (Lipinski definition) is 1. The van der Waals surface area contributed by atoms with Gasteiger partial charge in [0.1, 0.15) is 6.33 Å². The fourth-order valence-electron chi connectivity index (χ4n) is 2.60. The van der Waals surface area contributed by atoms with Crippen molar-refractivity contribution in [3.05, 3.63) is 29.6 Å². The molecule has 0 fully saturated rings. The Bertz CT molecular complexity index is 541. The summed E-state index contributed by atoms with van der Waals surface area (Å²) in [5.74, 6) is 0.841. The van der Waals surface area contributed by atoms with E-state index >= 15 is 0 Å². The predicted molar refractivity (Wildman–Crippen MR) is 66.7 cm³/mol. The number of rotatable bonds is 3. The van der Waals surface area contributed by atoms with Gasteiger partial charge in [0.15, 0.2) is 5.82 Å². The highest BCUT2D eigenvalue weighted by Crippen LogP contribution is 2.29. The summed E-state index contributed by atoms with van der Waals surface area (Å²) in [6.07, 6.45) is 7.21. The normalized spacial score (nSPS) is 18.9. The van der Waals surface area contributed by atoms with Crippen LogP contribution in [0.25, 0.3) is 0 Å².